The molecule has 1 aromatic carbocycles. The number of aromatic nitrogens is 3. The van der Waals surface area contributed by atoms with Crippen LogP contribution in [0.25, 0.3) is 0 Å². The molecule has 3 aromatic heterocycles. The van der Waals surface area contributed by atoms with E-state index in [0.717, 1.165) is 69.2 Å². The highest BCUT2D eigenvalue weighted by atomic mass is 14.7. The van der Waals surface area contributed by atoms with Gasteiger partial charge in [-0.2, -0.15) is 0 Å². The Hall–Kier alpha value is -3.33. The first-order valence-electron chi connectivity index (χ1n) is 14.5. The van der Waals surface area contributed by atoms with E-state index in [1.807, 2.05) is 12.3 Å². The molecule has 4 rings (SSSR count). The summed E-state index contributed by atoms with van der Waals surface area (Å²) in [6.07, 6.45) is 11.2. The Morgan fingerprint density at radius 2 is 0.868 bits per heavy atom. The molecule has 0 saturated carbocycles. The Morgan fingerprint density at radius 3 is 1.24 bits per heavy atom. The molecule has 0 atom stereocenters. The second-order valence-electron chi connectivity index (χ2n) is 10.3. The van der Waals surface area contributed by atoms with E-state index in [1.165, 1.54) is 17.1 Å². The van der Waals surface area contributed by atoms with Crippen molar-refractivity contribution in [2.75, 3.05) is 0 Å². The molecule has 4 aromatic rings. The number of hydrogen-bond acceptors (Lipinski definition) is 3. The van der Waals surface area contributed by atoms with E-state index in [1.54, 1.807) is 33.4 Å². The van der Waals surface area contributed by atoms with E-state index in [4.69, 9.17) is 9.97 Å². The molecule has 0 bridgehead atoms. The molecule has 0 amide bonds. The monoisotopic (exact) mass is 505 g/mol. The van der Waals surface area contributed by atoms with Gasteiger partial charge in [0.05, 0.1) is 0 Å². The fourth-order valence-corrected chi connectivity index (χ4v) is 6.06. The summed E-state index contributed by atoms with van der Waals surface area (Å²) >= 11 is 0. The lowest BCUT2D eigenvalue weighted by atomic mass is 9.79. The molecule has 0 N–H and O–H groups in total. The first-order chi connectivity index (χ1) is 18.5. The van der Waals surface area contributed by atoms with Gasteiger partial charge in [-0.3, -0.25) is 15.0 Å². The second-order valence-corrected chi connectivity index (χ2v) is 10.3. The van der Waals surface area contributed by atoms with Crippen molar-refractivity contribution in [2.24, 2.45) is 0 Å². The fourth-order valence-electron chi connectivity index (χ4n) is 6.06. The van der Waals surface area contributed by atoms with E-state index in [-0.39, 0.29) is 0 Å². The molecule has 0 aliphatic carbocycles. The Balaban J connectivity index is 1.78. The van der Waals surface area contributed by atoms with Gasteiger partial charge in [0.2, 0.25) is 0 Å². The van der Waals surface area contributed by atoms with Crippen LogP contribution in [0.5, 0.6) is 0 Å². The smallest absolute Gasteiger partial charge is 0.0410 e. The van der Waals surface area contributed by atoms with Gasteiger partial charge in [0.15, 0.2) is 0 Å². The lowest BCUT2D eigenvalue weighted by Gasteiger charge is -2.26. The minimum Gasteiger partial charge on any atom is -0.261 e. The summed E-state index contributed by atoms with van der Waals surface area (Å²) in [5, 5.41) is 0. The molecule has 0 unspecified atom stereocenters. The van der Waals surface area contributed by atoms with Gasteiger partial charge < -0.3 is 0 Å². The maximum absolute atomic E-state index is 4.82. The predicted molar refractivity (Wildman–Crippen MR) is 159 cm³/mol. The maximum Gasteiger partial charge on any atom is 0.0410 e. The van der Waals surface area contributed by atoms with E-state index in [9.17, 15) is 0 Å². The Bertz CT molecular complexity index is 1260. The highest BCUT2D eigenvalue weighted by Crippen LogP contribution is 2.33. The van der Waals surface area contributed by atoms with Crippen molar-refractivity contribution >= 4 is 0 Å². The number of nitrogens with zero attached hydrogens (tertiary/aromatic N) is 3. The fraction of sp³-hybridized carbons (Fsp3) is 0.400. The summed E-state index contributed by atoms with van der Waals surface area (Å²) < 4.78 is 0. The maximum atomic E-state index is 4.82. The molecule has 0 spiro atoms. The van der Waals surface area contributed by atoms with Gasteiger partial charge in [-0.05, 0) is 141 Å². The normalized spacial score (nSPS) is 11.2. The summed E-state index contributed by atoms with van der Waals surface area (Å²) in [7, 11) is 0. The summed E-state index contributed by atoms with van der Waals surface area (Å²) in [6, 6.07) is 19.1. The van der Waals surface area contributed by atoms with Crippen LogP contribution in [0, 0.1) is 13.8 Å². The summed E-state index contributed by atoms with van der Waals surface area (Å²) in [4.78, 5) is 14.3. The van der Waals surface area contributed by atoms with Crippen molar-refractivity contribution in [3.8, 4) is 0 Å². The minimum atomic E-state index is 0.976. The molecule has 0 aliphatic rings. The van der Waals surface area contributed by atoms with Crippen LogP contribution in [0.4, 0.5) is 0 Å². The first-order valence-corrected chi connectivity index (χ1v) is 14.5. The zero-order chi connectivity index (χ0) is 26.9. The van der Waals surface area contributed by atoms with Crippen LogP contribution < -0.4 is 0 Å². The van der Waals surface area contributed by atoms with Crippen LogP contribution in [0.1, 0.15) is 82.6 Å². The van der Waals surface area contributed by atoms with E-state index >= 15 is 0 Å². The first kappa shape index (κ1) is 27.7. The lowest BCUT2D eigenvalue weighted by Crippen LogP contribution is -2.15. The molecule has 3 heteroatoms. The Labute approximate surface area is 229 Å². The van der Waals surface area contributed by atoms with Crippen LogP contribution in [0.3, 0.4) is 0 Å². The molecule has 0 saturated heterocycles. The van der Waals surface area contributed by atoms with Crippen LogP contribution in [-0.4, -0.2) is 15.0 Å². The van der Waals surface area contributed by atoms with Gasteiger partial charge in [-0.25, -0.2) is 0 Å². The highest BCUT2D eigenvalue weighted by molar-refractivity contribution is 5.53. The quantitative estimate of drug-likeness (QED) is 0.200. The van der Waals surface area contributed by atoms with E-state index in [0.29, 0.717) is 0 Å². The Kier molecular flexibility index (Phi) is 9.81. The number of hydrogen-bond donors (Lipinski definition) is 0. The molecule has 3 nitrogen and oxygen atoms in total. The largest absolute Gasteiger partial charge is 0.261 e. The number of pyridine rings is 3. The van der Waals surface area contributed by atoms with Crippen molar-refractivity contribution in [1.82, 2.24) is 15.0 Å². The van der Waals surface area contributed by atoms with Crippen molar-refractivity contribution in [3.63, 3.8) is 0 Å². The third-order valence-corrected chi connectivity index (χ3v) is 7.76. The van der Waals surface area contributed by atoms with Crippen LogP contribution in [-0.2, 0) is 57.8 Å². The zero-order valence-corrected chi connectivity index (χ0v) is 24.0. The van der Waals surface area contributed by atoms with Crippen LogP contribution >= 0.6 is 0 Å². The summed E-state index contributed by atoms with van der Waals surface area (Å²) in [5.41, 5.74) is 15.2. The SMILES string of the molecule is CCc1c(CCc2ccccn2)c(CC)c(CCc2cccc(C)n2)c(CC)c1CCc1cccc(C)n1. The molecular formula is C35H43N3. The molecular weight excluding hydrogens is 462 g/mol. The van der Waals surface area contributed by atoms with Crippen LogP contribution in [0.15, 0.2) is 60.8 Å². The van der Waals surface area contributed by atoms with Crippen molar-refractivity contribution in [1.29, 1.82) is 0 Å². The Morgan fingerprint density at radius 1 is 0.447 bits per heavy atom. The van der Waals surface area contributed by atoms with Gasteiger partial charge in [-0.1, -0.05) is 39.0 Å². The highest BCUT2D eigenvalue weighted by Gasteiger charge is 2.21. The van der Waals surface area contributed by atoms with Crippen LogP contribution in [0.2, 0.25) is 0 Å². The van der Waals surface area contributed by atoms with E-state index < -0.39 is 0 Å². The average molecular weight is 506 g/mol. The zero-order valence-electron chi connectivity index (χ0n) is 24.0. The number of aryl methyl sites for hydroxylation is 5. The van der Waals surface area contributed by atoms with Gasteiger partial charge in [0.1, 0.15) is 0 Å². The standard InChI is InChI=1S/C35H43N3/c1-6-30-33(21-18-27-15-9-10-24-36-27)31(7-2)35(23-20-29-17-12-14-26(5)38-29)32(8-3)34(30)22-19-28-16-11-13-25(4)37-28/h9-17,24H,6-8,18-23H2,1-5H3. The molecule has 3 heterocycles. The van der Waals surface area contributed by atoms with Gasteiger partial charge >= 0.3 is 0 Å². The lowest BCUT2D eigenvalue weighted by molar-refractivity contribution is 0.796. The second kappa shape index (κ2) is 13.5. The van der Waals surface area contributed by atoms with Gasteiger partial charge in [0.25, 0.3) is 0 Å². The molecule has 0 fully saturated rings. The number of benzene rings is 1. The average Bonchev–Trinajstić information content (AvgIpc) is 2.93. The van der Waals surface area contributed by atoms with E-state index in [2.05, 4.69) is 88.1 Å². The third kappa shape index (κ3) is 6.75. The number of rotatable bonds is 12. The van der Waals surface area contributed by atoms with Gasteiger partial charge in [0, 0.05) is 34.7 Å². The van der Waals surface area contributed by atoms with Gasteiger partial charge in [-0.15, -0.1) is 0 Å². The molecule has 0 radical (unpaired) electrons. The molecule has 198 valence electrons. The van der Waals surface area contributed by atoms with Crippen molar-refractivity contribution < 1.29 is 0 Å². The predicted octanol–water partition coefficient (Wildman–Crippen LogP) is 7.53. The minimum absolute atomic E-state index is 0.976. The summed E-state index contributed by atoms with van der Waals surface area (Å²) in [5.74, 6) is 0. The van der Waals surface area contributed by atoms with Crippen molar-refractivity contribution in [2.45, 2.75) is 92.4 Å². The summed E-state index contributed by atoms with van der Waals surface area (Å²) in [6.45, 7) is 11.2. The molecule has 0 aliphatic heterocycles. The third-order valence-electron chi connectivity index (χ3n) is 7.76. The topological polar surface area (TPSA) is 38.7 Å². The van der Waals surface area contributed by atoms with Crippen molar-refractivity contribution in [3.05, 3.63) is 123 Å². The molecule has 38 heavy (non-hydrogen) atoms.